The lowest BCUT2D eigenvalue weighted by molar-refractivity contribution is -0.118. The molecule has 0 unspecified atom stereocenters. The van der Waals surface area contributed by atoms with Gasteiger partial charge in [-0.1, -0.05) is 19.4 Å². The van der Waals surface area contributed by atoms with Crippen LogP contribution in [0.25, 0.3) is 0 Å². The molecule has 2 N–H and O–H groups in total. The number of sulfonamides is 1. The summed E-state index contributed by atoms with van der Waals surface area (Å²) in [7, 11) is -3.52. The third-order valence-electron chi connectivity index (χ3n) is 4.48. The molecule has 0 saturated carbocycles. The molecule has 29 heavy (non-hydrogen) atoms. The number of amides is 3. The van der Waals surface area contributed by atoms with E-state index in [1.807, 2.05) is 6.92 Å². The Hall–Kier alpha value is -2.20. The molecule has 0 aromatic heterocycles. The zero-order valence-electron chi connectivity index (χ0n) is 16.7. The first kappa shape index (κ1) is 23.1. The molecule has 1 aliphatic heterocycles. The fraction of sp³-hybridized carbons (Fsp3) is 0.579. The number of benzene rings is 1. The topological polar surface area (TPSA) is 105 Å². The van der Waals surface area contributed by atoms with E-state index in [1.54, 1.807) is 6.92 Å². The van der Waals surface area contributed by atoms with Gasteiger partial charge >= 0.3 is 6.03 Å². The molecule has 0 spiro atoms. The lowest BCUT2D eigenvalue weighted by atomic mass is 10.1. The number of rotatable bonds is 12. The molecule has 3 amide bonds. The maximum Gasteiger partial charge on any atom is 0.324 e. The van der Waals surface area contributed by atoms with E-state index in [4.69, 9.17) is 4.74 Å². The van der Waals surface area contributed by atoms with Crippen molar-refractivity contribution in [3.63, 3.8) is 0 Å². The average Bonchev–Trinajstić information content (AvgIpc) is 2.97. The summed E-state index contributed by atoms with van der Waals surface area (Å²) in [6.07, 6.45) is 2.39. The van der Waals surface area contributed by atoms with Crippen molar-refractivity contribution in [2.75, 3.05) is 25.4 Å². The van der Waals surface area contributed by atoms with E-state index in [1.165, 1.54) is 23.1 Å². The first-order valence-electron chi connectivity index (χ1n) is 9.73. The van der Waals surface area contributed by atoms with Gasteiger partial charge in [0.1, 0.15) is 6.54 Å². The minimum atomic E-state index is -3.52. The second kappa shape index (κ2) is 10.5. The molecule has 1 aromatic rings. The van der Waals surface area contributed by atoms with Crippen molar-refractivity contribution in [2.24, 2.45) is 0 Å². The molecule has 1 saturated heterocycles. The summed E-state index contributed by atoms with van der Waals surface area (Å²) in [6, 6.07) is 3.39. The zero-order chi connectivity index (χ0) is 21.4. The van der Waals surface area contributed by atoms with E-state index >= 15 is 0 Å². The van der Waals surface area contributed by atoms with Crippen LogP contribution in [0.2, 0.25) is 0 Å². The van der Waals surface area contributed by atoms with Gasteiger partial charge in [-0.15, -0.1) is 0 Å². The summed E-state index contributed by atoms with van der Waals surface area (Å²) < 4.78 is 46.4. The number of carbonyl (C=O) groups is 2. The highest BCUT2D eigenvalue weighted by Crippen LogP contribution is 2.23. The Bertz CT molecular complexity index is 831. The Labute approximate surface area is 170 Å². The van der Waals surface area contributed by atoms with E-state index in [-0.39, 0.29) is 24.0 Å². The number of halogens is 1. The molecule has 1 fully saturated rings. The molecule has 1 atom stereocenters. The van der Waals surface area contributed by atoms with Crippen molar-refractivity contribution in [1.82, 2.24) is 14.9 Å². The quantitative estimate of drug-likeness (QED) is 0.392. The van der Waals surface area contributed by atoms with Crippen LogP contribution in [0.3, 0.4) is 0 Å². The van der Waals surface area contributed by atoms with E-state index in [0.29, 0.717) is 38.0 Å². The largest absolute Gasteiger partial charge is 0.491 e. The average molecular weight is 430 g/mol. The van der Waals surface area contributed by atoms with Crippen molar-refractivity contribution >= 4 is 22.0 Å². The van der Waals surface area contributed by atoms with Crippen LogP contribution in [0, 0.1) is 5.82 Å². The third-order valence-corrected chi connectivity index (χ3v) is 6.02. The number of imide groups is 1. The van der Waals surface area contributed by atoms with E-state index in [9.17, 15) is 22.4 Å². The van der Waals surface area contributed by atoms with Gasteiger partial charge < -0.3 is 9.64 Å². The minimum Gasteiger partial charge on any atom is -0.491 e. The Kier molecular flexibility index (Phi) is 8.39. The highest BCUT2D eigenvalue weighted by Gasteiger charge is 2.25. The molecule has 1 aliphatic rings. The summed E-state index contributed by atoms with van der Waals surface area (Å²) >= 11 is 0. The van der Waals surface area contributed by atoms with Crippen LogP contribution in [0.5, 0.6) is 5.75 Å². The van der Waals surface area contributed by atoms with Gasteiger partial charge in [-0.2, -0.15) is 0 Å². The van der Waals surface area contributed by atoms with Gasteiger partial charge in [-0.25, -0.2) is 22.3 Å². The monoisotopic (exact) mass is 429 g/mol. The molecule has 0 radical (unpaired) electrons. The van der Waals surface area contributed by atoms with Crippen molar-refractivity contribution < 1.29 is 27.1 Å². The molecule has 1 heterocycles. The number of carbonyl (C=O) groups excluding carboxylic acids is 2. The molecule has 0 bridgehead atoms. The number of nitrogens with zero attached hydrogens (tertiary/aromatic N) is 1. The summed E-state index contributed by atoms with van der Waals surface area (Å²) in [5, 5.41) is 2.20. The highest BCUT2D eigenvalue weighted by atomic mass is 32.2. The van der Waals surface area contributed by atoms with Gasteiger partial charge in [-0.3, -0.25) is 10.1 Å². The first-order valence-corrected chi connectivity index (χ1v) is 11.4. The second-order valence-electron chi connectivity index (χ2n) is 7.03. The predicted molar refractivity (Wildman–Crippen MR) is 106 cm³/mol. The van der Waals surface area contributed by atoms with Crippen molar-refractivity contribution in [2.45, 2.75) is 45.6 Å². The number of ether oxygens (including phenoxy) is 1. The Balaban J connectivity index is 1.78. The number of urea groups is 1. The van der Waals surface area contributed by atoms with Crippen LogP contribution in [0.15, 0.2) is 18.2 Å². The van der Waals surface area contributed by atoms with E-state index in [2.05, 4.69) is 10.0 Å². The van der Waals surface area contributed by atoms with Crippen LogP contribution in [0.4, 0.5) is 9.18 Å². The molecule has 8 nitrogen and oxygen atoms in total. The number of hydrogen-bond acceptors (Lipinski definition) is 5. The molecule has 162 valence electrons. The van der Waals surface area contributed by atoms with Crippen LogP contribution < -0.4 is 14.8 Å². The smallest absolute Gasteiger partial charge is 0.324 e. The van der Waals surface area contributed by atoms with Crippen molar-refractivity contribution in [3.05, 3.63) is 29.6 Å². The number of unbranched alkanes of at least 4 members (excludes halogenated alkanes) is 2. The second-order valence-corrected chi connectivity index (χ2v) is 8.91. The van der Waals surface area contributed by atoms with E-state index < -0.39 is 27.9 Å². The Morgan fingerprint density at radius 3 is 2.69 bits per heavy atom. The fourth-order valence-electron chi connectivity index (χ4n) is 2.94. The van der Waals surface area contributed by atoms with E-state index in [0.717, 1.165) is 6.42 Å². The molecule has 2 rings (SSSR count). The van der Waals surface area contributed by atoms with Gasteiger partial charge in [0.25, 0.3) is 0 Å². The summed E-state index contributed by atoms with van der Waals surface area (Å²) in [4.78, 5) is 23.9. The van der Waals surface area contributed by atoms with Crippen LogP contribution in [0.1, 0.15) is 51.1 Å². The van der Waals surface area contributed by atoms with Gasteiger partial charge in [0, 0.05) is 12.6 Å². The lowest BCUT2D eigenvalue weighted by Crippen LogP contribution is -2.30. The molecular weight excluding hydrogens is 401 g/mol. The fourth-order valence-corrected chi connectivity index (χ4v) is 4.32. The highest BCUT2D eigenvalue weighted by molar-refractivity contribution is 7.89. The number of nitrogens with one attached hydrogen (secondary N) is 2. The van der Waals surface area contributed by atoms with Gasteiger partial charge in [0.05, 0.1) is 12.4 Å². The number of hydrogen-bond donors (Lipinski definition) is 2. The van der Waals surface area contributed by atoms with Gasteiger partial charge in [-0.05, 0) is 43.9 Å². The predicted octanol–water partition coefficient (Wildman–Crippen LogP) is 2.32. The third kappa shape index (κ3) is 7.28. The zero-order valence-corrected chi connectivity index (χ0v) is 17.6. The van der Waals surface area contributed by atoms with Crippen molar-refractivity contribution in [1.29, 1.82) is 0 Å². The molecule has 0 aliphatic carbocycles. The standard InChI is InChI=1S/C19H28FN3O5S/c1-3-10-28-17-12-15(7-8-16(17)20)14(2)22-29(26,27)11-6-4-5-9-23-13-18(24)21-19(23)25/h7-8,12,14,22H,3-6,9-11,13H2,1-2H3,(H,21,24,25)/t14-/m1/s1. The molecule has 1 aromatic carbocycles. The normalized spacial score (nSPS) is 15.5. The van der Waals surface area contributed by atoms with Gasteiger partial charge in [0.2, 0.25) is 15.9 Å². The minimum absolute atomic E-state index is 0.0527. The summed E-state index contributed by atoms with van der Waals surface area (Å²) in [6.45, 7) is 4.46. The SMILES string of the molecule is CCCOc1cc([C@@H](C)NS(=O)(=O)CCCCCN2CC(=O)NC2=O)ccc1F. The van der Waals surface area contributed by atoms with Crippen LogP contribution in [-0.4, -0.2) is 50.7 Å². The molecular formula is C19H28FN3O5S. The van der Waals surface area contributed by atoms with Crippen molar-refractivity contribution in [3.8, 4) is 5.75 Å². The van der Waals surface area contributed by atoms with Crippen LogP contribution in [-0.2, 0) is 14.8 Å². The Morgan fingerprint density at radius 1 is 1.28 bits per heavy atom. The lowest BCUT2D eigenvalue weighted by Gasteiger charge is -2.16. The maximum atomic E-state index is 13.8. The Morgan fingerprint density at radius 2 is 2.03 bits per heavy atom. The first-order chi connectivity index (χ1) is 13.7. The van der Waals surface area contributed by atoms with Gasteiger partial charge in [0.15, 0.2) is 11.6 Å². The van der Waals surface area contributed by atoms with Crippen LogP contribution >= 0.6 is 0 Å². The molecule has 10 heteroatoms. The summed E-state index contributed by atoms with van der Waals surface area (Å²) in [5.41, 5.74) is 0.616. The summed E-state index contributed by atoms with van der Waals surface area (Å²) in [5.74, 6) is -0.742. The maximum absolute atomic E-state index is 13.8.